The molecule has 1 aromatic carbocycles. The lowest BCUT2D eigenvalue weighted by atomic mass is 9.84. The van der Waals surface area contributed by atoms with Crippen molar-refractivity contribution in [1.82, 2.24) is 31.0 Å². The molecule has 19 heteroatoms. The Balaban J connectivity index is 1.10. The van der Waals surface area contributed by atoms with Crippen molar-refractivity contribution >= 4 is 61.1 Å². The van der Waals surface area contributed by atoms with Gasteiger partial charge in [-0.2, -0.15) is 13.5 Å². The first kappa shape index (κ1) is 34.2. The van der Waals surface area contributed by atoms with Crippen LogP contribution in [0.2, 0.25) is 0 Å². The minimum atomic E-state index is -4.95. The van der Waals surface area contributed by atoms with E-state index in [1.165, 1.54) is 19.2 Å². The van der Waals surface area contributed by atoms with Gasteiger partial charge < -0.3 is 36.6 Å². The number of anilines is 2. The number of nitrogen functional groups attached to an aromatic ring is 1. The van der Waals surface area contributed by atoms with Crippen molar-refractivity contribution in [2.75, 3.05) is 57.0 Å². The second kappa shape index (κ2) is 14.7. The van der Waals surface area contributed by atoms with Gasteiger partial charge >= 0.3 is 10.4 Å². The van der Waals surface area contributed by atoms with Crippen LogP contribution in [-0.2, 0) is 29.1 Å². The van der Waals surface area contributed by atoms with E-state index in [1.807, 2.05) is 24.3 Å². The van der Waals surface area contributed by atoms with Gasteiger partial charge in [0.05, 0.1) is 11.1 Å². The molecule has 2 aliphatic heterocycles. The van der Waals surface area contributed by atoms with Crippen LogP contribution in [0, 0.1) is 5.92 Å². The third kappa shape index (κ3) is 8.82. The number of fused-ring (bicyclic) bond motifs is 1. The number of aromatic nitrogens is 2. The van der Waals surface area contributed by atoms with Gasteiger partial charge in [0.25, 0.3) is 11.8 Å². The predicted molar refractivity (Wildman–Crippen MR) is 174 cm³/mol. The quantitative estimate of drug-likeness (QED) is 0.0373. The van der Waals surface area contributed by atoms with Crippen molar-refractivity contribution in [2.45, 2.75) is 31.8 Å². The standard InChI is InChI=1S/C28H37N9O8S2/c1-28(2)24(26(39)37(28)45-47(40,41)42)35-25(38)23(21-16-46-27(29)34-21)36-44-11-10-43-19-5-6-20-18(12-19)4-7-22(33-20)32-9-3-8-30-13-17-14-31-15-17/h4-7,12,16-17,24,30-31H,3,8-11,13-15H2,1-2H3,(H2,29,34)(H,32,33)(H,35,38)(H,40,41,42)/b36-23-/t24-/m1/s1. The second-order valence-electron chi connectivity index (χ2n) is 11.4. The lowest BCUT2D eigenvalue weighted by Crippen LogP contribution is -2.76. The Morgan fingerprint density at radius 2 is 2.02 bits per heavy atom. The minimum Gasteiger partial charge on any atom is -0.490 e. The molecule has 1 atom stereocenters. The molecule has 47 heavy (non-hydrogen) atoms. The van der Waals surface area contributed by atoms with Crippen molar-refractivity contribution in [1.29, 1.82) is 0 Å². The van der Waals surface area contributed by atoms with E-state index in [0.717, 1.165) is 73.1 Å². The van der Waals surface area contributed by atoms with E-state index >= 15 is 0 Å². The van der Waals surface area contributed by atoms with Gasteiger partial charge in [0.1, 0.15) is 29.9 Å². The molecule has 2 amide bonds. The normalized spacial score (nSPS) is 18.0. The number of thiazole rings is 1. The molecule has 254 valence electrons. The number of hydroxylamine groups is 2. The Morgan fingerprint density at radius 1 is 1.21 bits per heavy atom. The Kier molecular flexibility index (Phi) is 10.7. The predicted octanol–water partition coefficient (Wildman–Crippen LogP) is 0.524. The summed E-state index contributed by atoms with van der Waals surface area (Å²) in [5, 5.41) is 19.5. The van der Waals surface area contributed by atoms with Crippen LogP contribution in [0.4, 0.5) is 10.9 Å². The zero-order valence-corrected chi connectivity index (χ0v) is 27.4. The average Bonchev–Trinajstić information content (AvgIpc) is 3.43. The summed E-state index contributed by atoms with van der Waals surface area (Å²) in [5.41, 5.74) is 5.07. The molecule has 0 spiro atoms. The van der Waals surface area contributed by atoms with Crippen molar-refractivity contribution in [3.05, 3.63) is 41.4 Å². The van der Waals surface area contributed by atoms with Crippen molar-refractivity contribution < 1.29 is 36.4 Å². The third-order valence-corrected chi connectivity index (χ3v) is 8.51. The molecule has 2 aromatic heterocycles. The molecule has 0 saturated carbocycles. The maximum Gasteiger partial charge on any atom is 0.418 e. The number of carbonyl (C=O) groups is 2. The summed E-state index contributed by atoms with van der Waals surface area (Å²) in [6, 6.07) is 8.21. The van der Waals surface area contributed by atoms with E-state index in [9.17, 15) is 18.0 Å². The van der Waals surface area contributed by atoms with Crippen LogP contribution >= 0.6 is 11.3 Å². The first-order chi connectivity index (χ1) is 22.4. The summed E-state index contributed by atoms with van der Waals surface area (Å²) < 4.78 is 41.2. The molecule has 2 saturated heterocycles. The number of pyridine rings is 1. The van der Waals surface area contributed by atoms with Crippen LogP contribution in [0.3, 0.4) is 0 Å². The van der Waals surface area contributed by atoms with Gasteiger partial charge in [0, 0.05) is 36.9 Å². The molecular formula is C28H37N9O8S2. The van der Waals surface area contributed by atoms with Crippen molar-refractivity contribution in [3.63, 3.8) is 0 Å². The molecule has 3 aromatic rings. The highest BCUT2D eigenvalue weighted by Gasteiger charge is 2.58. The molecule has 7 N–H and O–H groups in total. The van der Waals surface area contributed by atoms with E-state index in [0.29, 0.717) is 10.8 Å². The molecule has 0 aliphatic carbocycles. The van der Waals surface area contributed by atoms with E-state index < -0.39 is 33.8 Å². The highest BCUT2D eigenvalue weighted by atomic mass is 32.3. The number of hydrogen-bond acceptors (Lipinski definition) is 15. The van der Waals surface area contributed by atoms with Gasteiger partial charge in [-0.25, -0.2) is 9.97 Å². The lowest BCUT2D eigenvalue weighted by Gasteiger charge is -2.50. The van der Waals surface area contributed by atoms with Gasteiger partial charge in [-0.05, 0) is 63.1 Å². The molecule has 17 nitrogen and oxygen atoms in total. The van der Waals surface area contributed by atoms with E-state index in [-0.39, 0.29) is 29.8 Å². The number of carbonyl (C=O) groups excluding carboxylic acids is 2. The Morgan fingerprint density at radius 3 is 2.70 bits per heavy atom. The Hall–Kier alpha value is -4.14. The number of nitrogens with two attached hydrogens (primary N) is 1. The minimum absolute atomic E-state index is 0.0359. The smallest absolute Gasteiger partial charge is 0.418 e. The number of amides is 2. The number of ether oxygens (including phenoxy) is 1. The fraction of sp³-hybridized carbons (Fsp3) is 0.464. The second-order valence-corrected chi connectivity index (χ2v) is 13.3. The largest absolute Gasteiger partial charge is 0.490 e. The van der Waals surface area contributed by atoms with Gasteiger partial charge in [-0.15, -0.1) is 15.6 Å². The topological polar surface area (TPSA) is 232 Å². The van der Waals surface area contributed by atoms with E-state index in [4.69, 9.17) is 19.9 Å². The maximum atomic E-state index is 13.1. The number of rotatable bonds is 17. The van der Waals surface area contributed by atoms with Crippen molar-refractivity contribution in [2.24, 2.45) is 11.1 Å². The SMILES string of the molecule is CC1(C)[C@H](NC(=O)/C(=N\OCCOc2ccc3nc(NCCCNCC4CNC4)ccc3c2)c2csc(N)n2)C(=O)N1OS(=O)(=O)O. The number of hydrogen-bond donors (Lipinski definition) is 6. The lowest BCUT2D eigenvalue weighted by molar-refractivity contribution is -0.218. The average molecular weight is 692 g/mol. The fourth-order valence-corrected chi connectivity index (χ4v) is 5.85. The fourth-order valence-electron chi connectivity index (χ4n) is 4.85. The summed E-state index contributed by atoms with van der Waals surface area (Å²) in [7, 11) is -4.95. The Bertz CT molecular complexity index is 1730. The zero-order valence-electron chi connectivity index (χ0n) is 25.8. The molecule has 5 rings (SSSR count). The van der Waals surface area contributed by atoms with E-state index in [1.54, 1.807) is 6.07 Å². The molecular weight excluding hydrogens is 654 g/mol. The first-order valence-corrected chi connectivity index (χ1v) is 17.1. The molecule has 2 aliphatic rings. The van der Waals surface area contributed by atoms with Crippen LogP contribution in [0.5, 0.6) is 5.75 Å². The van der Waals surface area contributed by atoms with E-state index in [2.05, 4.69) is 40.7 Å². The molecule has 0 radical (unpaired) electrons. The van der Waals surface area contributed by atoms with Gasteiger partial charge in [0.2, 0.25) is 0 Å². The summed E-state index contributed by atoms with van der Waals surface area (Å²) >= 11 is 1.07. The zero-order chi connectivity index (χ0) is 33.6. The van der Waals surface area contributed by atoms with Crippen molar-refractivity contribution in [3.8, 4) is 5.75 Å². The number of nitrogens with one attached hydrogen (secondary N) is 4. The van der Waals surface area contributed by atoms with Gasteiger partial charge in [0.15, 0.2) is 17.5 Å². The number of β-lactam (4-membered cyclic amide) rings is 1. The maximum absolute atomic E-state index is 13.1. The van der Waals surface area contributed by atoms with Crippen LogP contribution < -0.4 is 31.7 Å². The van der Waals surface area contributed by atoms with Crippen LogP contribution in [0.25, 0.3) is 10.9 Å². The number of nitrogens with zero attached hydrogens (tertiary/aromatic N) is 4. The molecule has 2 fully saturated rings. The van der Waals surface area contributed by atoms with Crippen LogP contribution in [-0.4, -0.2) is 103 Å². The summed E-state index contributed by atoms with van der Waals surface area (Å²) in [4.78, 5) is 39.7. The van der Waals surface area contributed by atoms with Gasteiger partial charge in [-0.1, -0.05) is 5.16 Å². The monoisotopic (exact) mass is 691 g/mol. The highest BCUT2D eigenvalue weighted by Crippen LogP contribution is 2.33. The molecule has 0 unspecified atom stereocenters. The molecule has 0 bridgehead atoms. The summed E-state index contributed by atoms with van der Waals surface area (Å²) in [5.74, 6) is 0.412. The first-order valence-electron chi connectivity index (χ1n) is 14.8. The molecule has 4 heterocycles. The Labute approximate surface area is 275 Å². The third-order valence-electron chi connectivity index (χ3n) is 7.50. The summed E-state index contributed by atoms with van der Waals surface area (Å²) in [6.45, 7) is 7.95. The van der Waals surface area contributed by atoms with Crippen LogP contribution in [0.1, 0.15) is 26.0 Å². The number of benzene rings is 1. The number of oxime groups is 1. The highest BCUT2D eigenvalue weighted by molar-refractivity contribution is 7.80. The van der Waals surface area contributed by atoms with Gasteiger partial charge in [-0.3, -0.25) is 14.1 Å². The van der Waals surface area contributed by atoms with Crippen LogP contribution in [0.15, 0.2) is 40.9 Å². The summed E-state index contributed by atoms with van der Waals surface area (Å²) in [6.07, 6.45) is 0.995.